The molecule has 0 aliphatic carbocycles. The molecule has 0 bridgehead atoms. The standard InChI is InChI=1S/C17H27NO4S/c1-6-7-10-13-18(16(19)22-17(3,4)5)23(20,21)15-12-9-8-11-14(15)2/h8-9,11-12H,6-7,10,13H2,1-5H3. The fraction of sp³-hybridized carbons (Fsp3) is 0.588. The molecule has 0 N–H and O–H groups in total. The number of ether oxygens (including phenoxy) is 1. The van der Waals surface area contributed by atoms with Crippen LogP contribution < -0.4 is 0 Å². The maximum Gasteiger partial charge on any atom is 0.424 e. The van der Waals surface area contributed by atoms with Gasteiger partial charge in [-0.15, -0.1) is 0 Å². The summed E-state index contributed by atoms with van der Waals surface area (Å²) in [5.41, 5.74) is -0.141. The van der Waals surface area contributed by atoms with Crippen molar-refractivity contribution in [2.24, 2.45) is 0 Å². The van der Waals surface area contributed by atoms with Gasteiger partial charge < -0.3 is 4.74 Å². The lowest BCUT2D eigenvalue weighted by atomic mass is 10.2. The fourth-order valence-electron chi connectivity index (χ4n) is 2.09. The third-order valence-corrected chi connectivity index (χ3v) is 5.15. The lowest BCUT2D eigenvalue weighted by molar-refractivity contribution is 0.0389. The van der Waals surface area contributed by atoms with E-state index >= 15 is 0 Å². The summed E-state index contributed by atoms with van der Waals surface area (Å²) in [4.78, 5) is 12.5. The Labute approximate surface area is 139 Å². The van der Waals surface area contributed by atoms with Crippen molar-refractivity contribution in [2.45, 2.75) is 64.4 Å². The molecule has 0 aromatic heterocycles. The second-order valence-corrected chi connectivity index (χ2v) is 8.36. The summed E-state index contributed by atoms with van der Waals surface area (Å²) in [6.07, 6.45) is 1.58. The number of carbonyl (C=O) groups is 1. The average Bonchev–Trinajstić information content (AvgIpc) is 2.41. The minimum atomic E-state index is -3.93. The van der Waals surface area contributed by atoms with Crippen molar-refractivity contribution < 1.29 is 17.9 Å². The molecular formula is C17H27NO4S. The molecule has 0 fully saturated rings. The smallest absolute Gasteiger partial charge is 0.424 e. The Kier molecular flexibility index (Phi) is 6.62. The van der Waals surface area contributed by atoms with Crippen molar-refractivity contribution in [1.29, 1.82) is 0 Å². The highest BCUT2D eigenvalue weighted by atomic mass is 32.2. The monoisotopic (exact) mass is 341 g/mol. The number of hydrogen-bond acceptors (Lipinski definition) is 4. The zero-order chi connectivity index (χ0) is 17.7. The molecule has 23 heavy (non-hydrogen) atoms. The first-order valence-electron chi connectivity index (χ1n) is 7.91. The van der Waals surface area contributed by atoms with Crippen LogP contribution in [0.25, 0.3) is 0 Å². The number of nitrogens with zero attached hydrogens (tertiary/aromatic N) is 1. The van der Waals surface area contributed by atoms with Crippen LogP contribution in [0, 0.1) is 6.92 Å². The van der Waals surface area contributed by atoms with E-state index in [2.05, 4.69) is 0 Å². The molecule has 1 rings (SSSR count). The van der Waals surface area contributed by atoms with E-state index in [9.17, 15) is 13.2 Å². The SMILES string of the molecule is CCCCCN(C(=O)OC(C)(C)C)S(=O)(=O)c1ccccc1C. The molecule has 0 radical (unpaired) electrons. The molecule has 0 aliphatic rings. The Morgan fingerprint density at radius 2 is 1.78 bits per heavy atom. The number of aryl methyl sites for hydroxylation is 1. The lowest BCUT2D eigenvalue weighted by Crippen LogP contribution is -2.41. The normalized spacial score (nSPS) is 12.0. The maximum atomic E-state index is 12.9. The van der Waals surface area contributed by atoms with Gasteiger partial charge in [0.15, 0.2) is 0 Å². The van der Waals surface area contributed by atoms with E-state index in [0.29, 0.717) is 12.0 Å². The summed E-state index contributed by atoms with van der Waals surface area (Å²) in [5, 5.41) is 0. The Hall–Kier alpha value is -1.56. The third kappa shape index (κ3) is 5.53. The molecule has 1 aromatic rings. The fourth-order valence-corrected chi connectivity index (χ4v) is 3.66. The molecular weight excluding hydrogens is 314 g/mol. The Balaban J connectivity index is 3.17. The minimum Gasteiger partial charge on any atom is -0.443 e. The largest absolute Gasteiger partial charge is 0.443 e. The number of carbonyl (C=O) groups excluding carboxylic acids is 1. The van der Waals surface area contributed by atoms with Gasteiger partial charge in [-0.1, -0.05) is 38.0 Å². The highest BCUT2D eigenvalue weighted by Crippen LogP contribution is 2.22. The van der Waals surface area contributed by atoms with Gasteiger partial charge >= 0.3 is 6.09 Å². The molecule has 0 spiro atoms. The zero-order valence-corrected chi connectivity index (χ0v) is 15.4. The topological polar surface area (TPSA) is 63.7 Å². The zero-order valence-electron chi connectivity index (χ0n) is 14.6. The van der Waals surface area contributed by atoms with Crippen molar-refractivity contribution in [1.82, 2.24) is 4.31 Å². The van der Waals surface area contributed by atoms with Gasteiger partial charge in [0.25, 0.3) is 10.0 Å². The van der Waals surface area contributed by atoms with Gasteiger partial charge in [-0.05, 0) is 45.7 Å². The van der Waals surface area contributed by atoms with Crippen LogP contribution in [-0.2, 0) is 14.8 Å². The van der Waals surface area contributed by atoms with E-state index in [1.54, 1.807) is 45.9 Å². The molecule has 130 valence electrons. The number of amides is 1. The maximum absolute atomic E-state index is 12.9. The average molecular weight is 341 g/mol. The molecule has 0 heterocycles. The van der Waals surface area contributed by atoms with Gasteiger partial charge in [0.05, 0.1) is 4.90 Å². The highest BCUT2D eigenvalue weighted by molar-refractivity contribution is 7.89. The third-order valence-electron chi connectivity index (χ3n) is 3.22. The summed E-state index contributed by atoms with van der Waals surface area (Å²) >= 11 is 0. The van der Waals surface area contributed by atoms with Crippen LogP contribution in [0.2, 0.25) is 0 Å². The van der Waals surface area contributed by atoms with E-state index in [-0.39, 0.29) is 11.4 Å². The first-order valence-corrected chi connectivity index (χ1v) is 9.35. The van der Waals surface area contributed by atoms with Crippen LogP contribution in [0.4, 0.5) is 4.79 Å². The number of rotatable bonds is 6. The van der Waals surface area contributed by atoms with Gasteiger partial charge in [-0.2, -0.15) is 0 Å². The quantitative estimate of drug-likeness (QED) is 0.730. The predicted octanol–water partition coefficient (Wildman–Crippen LogP) is 4.11. The summed E-state index contributed by atoms with van der Waals surface area (Å²) in [7, 11) is -3.93. The second kappa shape index (κ2) is 7.81. The van der Waals surface area contributed by atoms with Crippen molar-refractivity contribution in [2.75, 3.05) is 6.54 Å². The van der Waals surface area contributed by atoms with E-state index < -0.39 is 21.7 Å². The van der Waals surface area contributed by atoms with Gasteiger partial charge in [-0.3, -0.25) is 0 Å². The molecule has 0 unspecified atom stereocenters. The van der Waals surface area contributed by atoms with Crippen LogP contribution in [0.5, 0.6) is 0 Å². The van der Waals surface area contributed by atoms with Crippen LogP contribution in [-0.4, -0.2) is 31.0 Å². The van der Waals surface area contributed by atoms with Crippen LogP contribution in [0.1, 0.15) is 52.5 Å². The number of unbranched alkanes of at least 4 members (excludes halogenated alkanes) is 2. The van der Waals surface area contributed by atoms with E-state index in [0.717, 1.165) is 17.1 Å². The van der Waals surface area contributed by atoms with Crippen LogP contribution in [0.15, 0.2) is 29.2 Å². The first kappa shape index (κ1) is 19.5. The van der Waals surface area contributed by atoms with Crippen molar-refractivity contribution in [3.63, 3.8) is 0 Å². The van der Waals surface area contributed by atoms with E-state index in [1.165, 1.54) is 6.07 Å². The van der Waals surface area contributed by atoms with Gasteiger partial charge in [0.1, 0.15) is 5.60 Å². The summed E-state index contributed by atoms with van der Waals surface area (Å²) in [5.74, 6) is 0. The molecule has 1 amide bonds. The number of sulfonamides is 1. The first-order chi connectivity index (χ1) is 10.6. The van der Waals surface area contributed by atoms with Crippen molar-refractivity contribution >= 4 is 16.1 Å². The number of hydrogen-bond donors (Lipinski definition) is 0. The highest BCUT2D eigenvalue weighted by Gasteiger charge is 2.33. The Morgan fingerprint density at radius 1 is 1.17 bits per heavy atom. The van der Waals surface area contributed by atoms with Crippen LogP contribution >= 0.6 is 0 Å². The Morgan fingerprint density at radius 3 is 2.30 bits per heavy atom. The van der Waals surface area contributed by atoms with Gasteiger partial charge in [0.2, 0.25) is 0 Å². The van der Waals surface area contributed by atoms with Gasteiger partial charge in [-0.25, -0.2) is 17.5 Å². The second-order valence-electron chi connectivity index (χ2n) is 6.53. The van der Waals surface area contributed by atoms with Crippen LogP contribution in [0.3, 0.4) is 0 Å². The molecule has 0 aliphatic heterocycles. The molecule has 1 aromatic carbocycles. The molecule has 6 heteroatoms. The summed E-state index contributed by atoms with van der Waals surface area (Å²) in [6, 6.07) is 6.65. The van der Waals surface area contributed by atoms with E-state index in [1.807, 2.05) is 6.92 Å². The summed E-state index contributed by atoms with van der Waals surface area (Å²) < 4.78 is 31.9. The van der Waals surface area contributed by atoms with Crippen molar-refractivity contribution in [3.8, 4) is 0 Å². The molecule has 0 saturated carbocycles. The summed E-state index contributed by atoms with van der Waals surface area (Å²) in [6.45, 7) is 9.01. The number of benzene rings is 1. The molecule has 0 atom stereocenters. The molecule has 5 nitrogen and oxygen atoms in total. The van der Waals surface area contributed by atoms with Crippen molar-refractivity contribution in [3.05, 3.63) is 29.8 Å². The lowest BCUT2D eigenvalue weighted by Gasteiger charge is -2.27. The molecule has 0 saturated heterocycles. The minimum absolute atomic E-state index is 0.124. The predicted molar refractivity (Wildman–Crippen MR) is 90.8 cm³/mol. The van der Waals surface area contributed by atoms with Gasteiger partial charge in [0, 0.05) is 6.54 Å². The Bertz CT molecular complexity index is 632. The van der Waals surface area contributed by atoms with E-state index in [4.69, 9.17) is 4.74 Å².